The molecule has 1 atom stereocenters. The van der Waals surface area contributed by atoms with Gasteiger partial charge in [0.1, 0.15) is 5.75 Å². The van der Waals surface area contributed by atoms with E-state index in [2.05, 4.69) is 18.2 Å². The molecule has 0 bridgehead atoms. The Morgan fingerprint density at radius 1 is 1.15 bits per heavy atom. The maximum absolute atomic E-state index is 10.7. The predicted octanol–water partition coefficient (Wildman–Crippen LogP) is 4.46. The van der Waals surface area contributed by atoms with Gasteiger partial charge in [0.25, 0.3) is 0 Å². The van der Waals surface area contributed by atoms with E-state index in [0.29, 0.717) is 5.92 Å². The second-order valence-electron chi connectivity index (χ2n) is 5.80. The molecule has 1 saturated carbocycles. The van der Waals surface area contributed by atoms with E-state index in [1.54, 1.807) is 7.11 Å². The molecule has 106 valence electrons. The normalized spacial score (nSPS) is 17.5. The van der Waals surface area contributed by atoms with Gasteiger partial charge in [-0.15, -0.1) is 0 Å². The van der Waals surface area contributed by atoms with Gasteiger partial charge in [0.05, 0.1) is 13.2 Å². The minimum Gasteiger partial charge on any atom is -0.496 e. The van der Waals surface area contributed by atoms with Crippen LogP contribution in [0.3, 0.4) is 0 Å². The lowest BCUT2D eigenvalue weighted by Gasteiger charge is -2.20. The first-order valence-corrected chi connectivity index (χ1v) is 7.53. The highest BCUT2D eigenvalue weighted by Crippen LogP contribution is 2.39. The van der Waals surface area contributed by atoms with Crippen molar-refractivity contribution in [2.75, 3.05) is 7.11 Å². The lowest BCUT2D eigenvalue weighted by atomic mass is 9.92. The monoisotopic (exact) mass is 270 g/mol. The summed E-state index contributed by atoms with van der Waals surface area (Å²) >= 11 is 0. The first-order valence-electron chi connectivity index (χ1n) is 7.53. The number of rotatable bonds is 4. The fourth-order valence-electron chi connectivity index (χ4n) is 3.48. The minimum atomic E-state index is -0.431. The smallest absolute Gasteiger partial charge is 0.125 e. The summed E-state index contributed by atoms with van der Waals surface area (Å²) in [5.74, 6) is 1.46. The summed E-state index contributed by atoms with van der Waals surface area (Å²) in [5.41, 5.74) is 0.956. The van der Waals surface area contributed by atoms with Crippen molar-refractivity contribution >= 4 is 10.8 Å². The van der Waals surface area contributed by atoms with Crippen molar-refractivity contribution < 1.29 is 9.84 Å². The van der Waals surface area contributed by atoms with Crippen molar-refractivity contribution in [3.8, 4) is 5.75 Å². The molecule has 1 N–H and O–H groups in total. The zero-order valence-corrected chi connectivity index (χ0v) is 12.0. The molecule has 2 aromatic carbocycles. The van der Waals surface area contributed by atoms with Crippen LogP contribution in [0.15, 0.2) is 36.4 Å². The van der Waals surface area contributed by atoms with Crippen molar-refractivity contribution in [1.82, 2.24) is 0 Å². The Labute approximate surface area is 120 Å². The van der Waals surface area contributed by atoms with Crippen LogP contribution in [0, 0.1) is 5.92 Å². The SMILES string of the molecule is COc1ccc2ccccc2c1C(O)CC1CCCC1. The van der Waals surface area contributed by atoms with Gasteiger partial charge >= 0.3 is 0 Å². The van der Waals surface area contributed by atoms with Crippen LogP contribution in [0.4, 0.5) is 0 Å². The molecular formula is C18H22O2. The standard InChI is InChI=1S/C18H22O2/c1-20-17-11-10-14-8-4-5-9-15(14)18(17)16(19)12-13-6-2-3-7-13/h4-5,8-11,13,16,19H,2-3,6-7,12H2,1H3. The molecule has 2 heteroatoms. The van der Waals surface area contributed by atoms with Crippen LogP contribution in [0.2, 0.25) is 0 Å². The van der Waals surface area contributed by atoms with Gasteiger partial charge in [0.15, 0.2) is 0 Å². The second kappa shape index (κ2) is 5.84. The van der Waals surface area contributed by atoms with Gasteiger partial charge in [0, 0.05) is 5.56 Å². The van der Waals surface area contributed by atoms with Crippen molar-refractivity contribution in [2.45, 2.75) is 38.2 Å². The number of methoxy groups -OCH3 is 1. The lowest BCUT2D eigenvalue weighted by Crippen LogP contribution is -2.06. The summed E-state index contributed by atoms with van der Waals surface area (Å²) < 4.78 is 5.48. The van der Waals surface area contributed by atoms with Gasteiger partial charge in [-0.05, 0) is 29.2 Å². The topological polar surface area (TPSA) is 29.5 Å². The molecule has 0 heterocycles. The Hall–Kier alpha value is -1.54. The molecule has 0 spiro atoms. The highest BCUT2D eigenvalue weighted by Gasteiger charge is 2.23. The van der Waals surface area contributed by atoms with E-state index >= 15 is 0 Å². The Morgan fingerprint density at radius 3 is 2.65 bits per heavy atom. The summed E-state index contributed by atoms with van der Waals surface area (Å²) in [6.07, 6.45) is 5.55. The highest BCUT2D eigenvalue weighted by atomic mass is 16.5. The molecule has 0 aromatic heterocycles. The number of benzene rings is 2. The van der Waals surface area contributed by atoms with Gasteiger partial charge in [-0.1, -0.05) is 56.0 Å². The summed E-state index contributed by atoms with van der Waals surface area (Å²) in [7, 11) is 1.68. The largest absolute Gasteiger partial charge is 0.496 e. The Kier molecular flexibility index (Phi) is 3.93. The average molecular weight is 270 g/mol. The van der Waals surface area contributed by atoms with Gasteiger partial charge in [-0.25, -0.2) is 0 Å². The number of hydrogen-bond donors (Lipinski definition) is 1. The Morgan fingerprint density at radius 2 is 1.90 bits per heavy atom. The number of hydrogen-bond acceptors (Lipinski definition) is 2. The van der Waals surface area contributed by atoms with E-state index < -0.39 is 6.10 Å². The molecular weight excluding hydrogens is 248 g/mol. The Bertz CT molecular complexity index is 585. The fourth-order valence-corrected chi connectivity index (χ4v) is 3.48. The molecule has 2 nitrogen and oxygen atoms in total. The van der Waals surface area contributed by atoms with Crippen LogP contribution in [0.25, 0.3) is 10.8 Å². The number of ether oxygens (including phenoxy) is 1. The van der Waals surface area contributed by atoms with Crippen molar-refractivity contribution in [3.05, 3.63) is 42.0 Å². The summed E-state index contributed by atoms with van der Waals surface area (Å²) in [6, 6.07) is 12.2. The van der Waals surface area contributed by atoms with Crippen LogP contribution in [-0.2, 0) is 0 Å². The van der Waals surface area contributed by atoms with Crippen molar-refractivity contribution in [1.29, 1.82) is 0 Å². The molecule has 0 amide bonds. The van der Waals surface area contributed by atoms with E-state index in [9.17, 15) is 5.11 Å². The maximum Gasteiger partial charge on any atom is 0.125 e. The van der Waals surface area contributed by atoms with E-state index in [1.165, 1.54) is 25.7 Å². The van der Waals surface area contributed by atoms with Crippen molar-refractivity contribution in [3.63, 3.8) is 0 Å². The van der Waals surface area contributed by atoms with Gasteiger partial charge < -0.3 is 9.84 Å². The van der Waals surface area contributed by atoms with Crippen LogP contribution in [0.5, 0.6) is 5.75 Å². The molecule has 3 rings (SSSR count). The van der Waals surface area contributed by atoms with E-state index in [0.717, 1.165) is 28.5 Å². The van der Waals surface area contributed by atoms with Gasteiger partial charge in [-0.2, -0.15) is 0 Å². The summed E-state index contributed by atoms with van der Waals surface area (Å²) in [6.45, 7) is 0. The van der Waals surface area contributed by atoms with Gasteiger partial charge in [0.2, 0.25) is 0 Å². The third kappa shape index (κ3) is 2.53. The van der Waals surface area contributed by atoms with Gasteiger partial charge in [-0.3, -0.25) is 0 Å². The first-order chi connectivity index (χ1) is 9.79. The number of aliphatic hydroxyl groups excluding tert-OH is 1. The highest BCUT2D eigenvalue weighted by molar-refractivity contribution is 5.88. The van der Waals surface area contributed by atoms with Crippen LogP contribution in [0.1, 0.15) is 43.8 Å². The second-order valence-corrected chi connectivity index (χ2v) is 5.80. The number of fused-ring (bicyclic) bond motifs is 1. The summed E-state index contributed by atoms with van der Waals surface area (Å²) in [5, 5.41) is 13.0. The quantitative estimate of drug-likeness (QED) is 0.888. The molecule has 0 radical (unpaired) electrons. The molecule has 1 aliphatic rings. The molecule has 0 saturated heterocycles. The lowest BCUT2D eigenvalue weighted by molar-refractivity contribution is 0.143. The first kappa shape index (κ1) is 13.4. The van der Waals surface area contributed by atoms with Crippen LogP contribution < -0.4 is 4.74 Å². The molecule has 1 unspecified atom stereocenters. The molecule has 1 aliphatic carbocycles. The predicted molar refractivity (Wildman–Crippen MR) is 82.0 cm³/mol. The number of aliphatic hydroxyl groups is 1. The Balaban J connectivity index is 1.98. The fraction of sp³-hybridized carbons (Fsp3) is 0.444. The molecule has 2 aromatic rings. The van der Waals surface area contributed by atoms with E-state index in [4.69, 9.17) is 4.74 Å². The third-order valence-corrected chi connectivity index (χ3v) is 4.52. The zero-order chi connectivity index (χ0) is 13.9. The molecule has 1 fully saturated rings. The third-order valence-electron chi connectivity index (χ3n) is 4.52. The molecule has 0 aliphatic heterocycles. The molecule has 20 heavy (non-hydrogen) atoms. The average Bonchev–Trinajstić information content (AvgIpc) is 2.98. The van der Waals surface area contributed by atoms with E-state index in [1.807, 2.05) is 18.2 Å². The van der Waals surface area contributed by atoms with Crippen LogP contribution in [-0.4, -0.2) is 12.2 Å². The van der Waals surface area contributed by atoms with E-state index in [-0.39, 0.29) is 0 Å². The van der Waals surface area contributed by atoms with Crippen LogP contribution >= 0.6 is 0 Å². The maximum atomic E-state index is 10.7. The zero-order valence-electron chi connectivity index (χ0n) is 12.0. The minimum absolute atomic E-state index is 0.431. The summed E-state index contributed by atoms with van der Waals surface area (Å²) in [4.78, 5) is 0. The van der Waals surface area contributed by atoms with Crippen molar-refractivity contribution in [2.24, 2.45) is 5.92 Å².